The zero-order valence-electron chi connectivity index (χ0n) is 7.18. The third-order valence-corrected chi connectivity index (χ3v) is 2.10. The molecule has 0 unspecified atom stereocenters. The molecule has 1 aromatic carbocycles. The van der Waals surface area contributed by atoms with E-state index < -0.39 is 11.0 Å². The van der Waals surface area contributed by atoms with Gasteiger partial charge in [-0.25, -0.2) is 0 Å². The Kier molecular flexibility index (Phi) is 3.40. The average molecular weight is 217 g/mol. The second-order valence-corrected chi connectivity index (χ2v) is 3.16. The van der Waals surface area contributed by atoms with Gasteiger partial charge in [0.05, 0.1) is 17.6 Å². The van der Waals surface area contributed by atoms with Gasteiger partial charge in [-0.3, -0.25) is 10.1 Å². The highest BCUT2D eigenvalue weighted by atomic mass is 35.5. The monoisotopic (exact) mass is 216 g/mol. The van der Waals surface area contributed by atoms with E-state index in [4.69, 9.17) is 22.4 Å². The Morgan fingerprint density at radius 1 is 1.64 bits per heavy atom. The van der Waals surface area contributed by atoms with Crippen LogP contribution in [0.4, 0.5) is 5.69 Å². The minimum atomic E-state index is -0.573. The molecule has 1 atom stereocenters. The summed E-state index contributed by atoms with van der Waals surface area (Å²) in [4.78, 5) is 9.84. The molecule has 1 aromatic rings. The number of nitro groups is 1. The highest BCUT2D eigenvalue weighted by Crippen LogP contribution is 2.26. The molecule has 0 aliphatic carbocycles. The van der Waals surface area contributed by atoms with Crippen LogP contribution in [0.5, 0.6) is 0 Å². The van der Waals surface area contributed by atoms with Crippen LogP contribution in [-0.4, -0.2) is 16.6 Å². The Hall–Kier alpha value is -1.17. The second-order valence-electron chi connectivity index (χ2n) is 2.76. The third-order valence-electron chi connectivity index (χ3n) is 1.79. The number of halogens is 1. The van der Waals surface area contributed by atoms with E-state index in [0.29, 0.717) is 5.56 Å². The zero-order valence-corrected chi connectivity index (χ0v) is 7.94. The summed E-state index contributed by atoms with van der Waals surface area (Å²) in [5, 5.41) is 19.2. The summed E-state index contributed by atoms with van der Waals surface area (Å²) in [6.07, 6.45) is 0. The maximum atomic E-state index is 10.4. The van der Waals surface area contributed by atoms with Crippen molar-refractivity contribution < 1.29 is 10.0 Å². The van der Waals surface area contributed by atoms with Gasteiger partial charge in [-0.05, 0) is 11.6 Å². The SMILES string of the molecule is N[C@@H](CO)c1ccc([N+](=O)[O-])c(Cl)c1. The first kappa shape index (κ1) is 10.9. The summed E-state index contributed by atoms with van der Waals surface area (Å²) < 4.78 is 0. The zero-order chi connectivity index (χ0) is 10.7. The van der Waals surface area contributed by atoms with E-state index in [2.05, 4.69) is 0 Å². The fourth-order valence-corrected chi connectivity index (χ4v) is 1.27. The van der Waals surface area contributed by atoms with Crippen molar-refractivity contribution in [1.29, 1.82) is 0 Å². The van der Waals surface area contributed by atoms with E-state index in [1.54, 1.807) is 0 Å². The van der Waals surface area contributed by atoms with E-state index in [1.165, 1.54) is 18.2 Å². The van der Waals surface area contributed by atoms with Crippen LogP contribution in [0.15, 0.2) is 18.2 Å². The molecule has 0 aliphatic heterocycles. The number of aliphatic hydroxyl groups excluding tert-OH is 1. The molecule has 14 heavy (non-hydrogen) atoms. The molecule has 6 heteroatoms. The summed E-state index contributed by atoms with van der Waals surface area (Å²) in [6, 6.07) is 3.58. The maximum absolute atomic E-state index is 10.4. The van der Waals surface area contributed by atoms with Crippen molar-refractivity contribution in [2.45, 2.75) is 6.04 Å². The number of benzene rings is 1. The minimum absolute atomic E-state index is 0.0244. The normalized spacial score (nSPS) is 12.5. The van der Waals surface area contributed by atoms with Crippen LogP contribution in [0, 0.1) is 10.1 Å². The van der Waals surface area contributed by atoms with Crippen LogP contribution in [0.1, 0.15) is 11.6 Å². The molecule has 76 valence electrons. The average Bonchev–Trinajstić information content (AvgIpc) is 2.15. The fraction of sp³-hybridized carbons (Fsp3) is 0.250. The highest BCUT2D eigenvalue weighted by Gasteiger charge is 2.14. The largest absolute Gasteiger partial charge is 0.394 e. The number of nitro benzene ring substituents is 1. The van der Waals surface area contributed by atoms with Gasteiger partial charge in [-0.2, -0.15) is 0 Å². The number of hydrogen-bond acceptors (Lipinski definition) is 4. The van der Waals surface area contributed by atoms with Gasteiger partial charge in [0.1, 0.15) is 5.02 Å². The minimum Gasteiger partial charge on any atom is -0.394 e. The molecule has 0 heterocycles. The second kappa shape index (κ2) is 4.36. The van der Waals surface area contributed by atoms with Crippen LogP contribution < -0.4 is 5.73 Å². The standard InChI is InChI=1S/C8H9ClN2O3/c9-6-3-5(7(10)4-12)1-2-8(6)11(13)14/h1-3,7,12H,4,10H2/t7-/m0/s1. The molecule has 5 nitrogen and oxygen atoms in total. The van der Waals surface area contributed by atoms with Gasteiger partial charge < -0.3 is 10.8 Å². The van der Waals surface area contributed by atoms with E-state index >= 15 is 0 Å². The van der Waals surface area contributed by atoms with Crippen LogP contribution in [0.25, 0.3) is 0 Å². The number of rotatable bonds is 3. The van der Waals surface area contributed by atoms with Crippen molar-refractivity contribution in [3.63, 3.8) is 0 Å². The van der Waals surface area contributed by atoms with Gasteiger partial charge in [-0.15, -0.1) is 0 Å². The molecule has 0 bridgehead atoms. The predicted octanol–water partition coefficient (Wildman–Crippen LogP) is 1.24. The Morgan fingerprint density at radius 2 is 2.29 bits per heavy atom. The first-order valence-corrected chi connectivity index (χ1v) is 4.24. The number of hydrogen-bond donors (Lipinski definition) is 2. The molecule has 0 aromatic heterocycles. The number of nitrogens with zero attached hydrogens (tertiary/aromatic N) is 1. The molecule has 0 saturated heterocycles. The molecular weight excluding hydrogens is 208 g/mol. The molecule has 0 radical (unpaired) electrons. The summed E-state index contributed by atoms with van der Waals surface area (Å²) in [6.45, 7) is -0.228. The summed E-state index contributed by atoms with van der Waals surface area (Å²) in [5.74, 6) is 0. The van der Waals surface area contributed by atoms with Crippen LogP contribution in [0.3, 0.4) is 0 Å². The molecule has 0 saturated carbocycles. The van der Waals surface area contributed by atoms with Crippen molar-refractivity contribution >= 4 is 17.3 Å². The van der Waals surface area contributed by atoms with Gasteiger partial charge in [0.25, 0.3) is 5.69 Å². The lowest BCUT2D eigenvalue weighted by Gasteiger charge is -2.08. The molecule has 0 amide bonds. The molecule has 3 N–H and O–H groups in total. The Balaban J connectivity index is 3.06. The molecule has 0 fully saturated rings. The van der Waals surface area contributed by atoms with Gasteiger partial charge in [0, 0.05) is 6.07 Å². The predicted molar refractivity (Wildman–Crippen MR) is 52.1 cm³/mol. The van der Waals surface area contributed by atoms with Crippen molar-refractivity contribution in [3.05, 3.63) is 38.9 Å². The van der Waals surface area contributed by atoms with Gasteiger partial charge in [-0.1, -0.05) is 17.7 Å². The first-order valence-electron chi connectivity index (χ1n) is 3.86. The van der Waals surface area contributed by atoms with Crippen molar-refractivity contribution in [1.82, 2.24) is 0 Å². The lowest BCUT2D eigenvalue weighted by Crippen LogP contribution is -2.14. The lowest BCUT2D eigenvalue weighted by atomic mass is 10.1. The van der Waals surface area contributed by atoms with E-state index in [-0.39, 0.29) is 17.3 Å². The number of nitrogens with two attached hydrogens (primary N) is 1. The molecule has 1 rings (SSSR count). The fourth-order valence-electron chi connectivity index (χ4n) is 1.01. The number of aliphatic hydroxyl groups is 1. The summed E-state index contributed by atoms with van der Waals surface area (Å²) in [7, 11) is 0. The van der Waals surface area contributed by atoms with Gasteiger partial charge in [0.15, 0.2) is 0 Å². The van der Waals surface area contributed by atoms with E-state index in [0.717, 1.165) is 0 Å². The Morgan fingerprint density at radius 3 is 2.71 bits per heavy atom. The quantitative estimate of drug-likeness (QED) is 0.588. The molecule has 0 aliphatic rings. The van der Waals surface area contributed by atoms with Gasteiger partial charge >= 0.3 is 0 Å². The van der Waals surface area contributed by atoms with Crippen LogP contribution in [0.2, 0.25) is 5.02 Å². The van der Waals surface area contributed by atoms with Crippen molar-refractivity contribution in [3.8, 4) is 0 Å². The van der Waals surface area contributed by atoms with Crippen molar-refractivity contribution in [2.75, 3.05) is 6.61 Å². The highest BCUT2D eigenvalue weighted by molar-refractivity contribution is 6.32. The lowest BCUT2D eigenvalue weighted by molar-refractivity contribution is -0.384. The van der Waals surface area contributed by atoms with Crippen LogP contribution >= 0.6 is 11.6 Å². The maximum Gasteiger partial charge on any atom is 0.287 e. The van der Waals surface area contributed by atoms with E-state index in [1.807, 2.05) is 0 Å². The third kappa shape index (κ3) is 2.20. The van der Waals surface area contributed by atoms with E-state index in [9.17, 15) is 10.1 Å². The first-order chi connectivity index (χ1) is 6.56. The van der Waals surface area contributed by atoms with Gasteiger partial charge in [0.2, 0.25) is 0 Å². The van der Waals surface area contributed by atoms with Crippen LogP contribution in [-0.2, 0) is 0 Å². The molecular formula is C8H9ClN2O3. The molecule has 0 spiro atoms. The summed E-state index contributed by atoms with van der Waals surface area (Å²) >= 11 is 5.65. The van der Waals surface area contributed by atoms with Crippen molar-refractivity contribution in [2.24, 2.45) is 5.73 Å². The smallest absolute Gasteiger partial charge is 0.287 e. The Bertz CT molecular complexity index is 356. The Labute approximate surface area is 85.3 Å². The topological polar surface area (TPSA) is 89.4 Å². The summed E-state index contributed by atoms with van der Waals surface area (Å²) in [5.41, 5.74) is 5.92.